The average Bonchev–Trinajstić information content (AvgIpc) is 2.69. The van der Waals surface area contributed by atoms with Crippen molar-refractivity contribution in [3.8, 4) is 0 Å². The van der Waals surface area contributed by atoms with Crippen LogP contribution in [0, 0.1) is 6.92 Å². The maximum Gasteiger partial charge on any atom is 0.195 e. The number of benzene rings is 5. The van der Waals surface area contributed by atoms with Gasteiger partial charge in [-0.15, -0.1) is 0 Å². The summed E-state index contributed by atoms with van der Waals surface area (Å²) in [5, 5.41) is 1.70. The van der Waals surface area contributed by atoms with Gasteiger partial charge in [0, 0.05) is 43.1 Å². The molecule has 0 N–H and O–H groups in total. The maximum absolute atomic E-state index is 13.2. The number of aryl methyl sites for hydroxylation is 1. The van der Waals surface area contributed by atoms with Crippen molar-refractivity contribution >= 4 is 43.1 Å². The third kappa shape index (κ3) is 1.87. The number of rotatable bonds is 0. The van der Waals surface area contributed by atoms with Crippen LogP contribution >= 0.6 is 0 Å². The molecule has 0 saturated carbocycles. The van der Waals surface area contributed by atoms with Crippen molar-refractivity contribution in [2.75, 3.05) is 0 Å². The van der Waals surface area contributed by atoms with Gasteiger partial charge in [0.2, 0.25) is 0 Å². The zero-order valence-corrected chi connectivity index (χ0v) is 14.3. The van der Waals surface area contributed by atoms with E-state index in [1.54, 1.807) is 61.5 Å². The summed E-state index contributed by atoms with van der Waals surface area (Å²) in [5.41, 5.74) is -0.848. The fourth-order valence-corrected chi connectivity index (χ4v) is 4.06. The fraction of sp³-hybridized carbons (Fsp3) is 0.0435. The summed E-state index contributed by atoms with van der Waals surface area (Å²) < 4.78 is 0. The Balaban J connectivity index is 2.29. The van der Waals surface area contributed by atoms with Gasteiger partial charge in [-0.05, 0) is 18.6 Å². The van der Waals surface area contributed by atoms with Gasteiger partial charge in [-0.1, -0.05) is 48.5 Å². The molecular weight excluding hydrogens is 340 g/mol. The van der Waals surface area contributed by atoms with E-state index in [9.17, 15) is 19.2 Å². The van der Waals surface area contributed by atoms with Gasteiger partial charge >= 0.3 is 0 Å². The molecule has 0 heterocycles. The van der Waals surface area contributed by atoms with Crippen molar-refractivity contribution in [1.82, 2.24) is 0 Å². The highest BCUT2D eigenvalue weighted by Gasteiger charge is 2.20. The molecular formula is C23H12O4. The van der Waals surface area contributed by atoms with Crippen molar-refractivity contribution in [1.29, 1.82) is 0 Å². The highest BCUT2D eigenvalue weighted by molar-refractivity contribution is 6.15. The molecule has 4 nitrogen and oxygen atoms in total. The van der Waals surface area contributed by atoms with Crippen LogP contribution in [0.5, 0.6) is 0 Å². The molecule has 0 bridgehead atoms. The Hall–Kier alpha value is -3.66. The Kier molecular flexibility index (Phi) is 2.99. The van der Waals surface area contributed by atoms with Crippen molar-refractivity contribution in [2.45, 2.75) is 6.92 Å². The molecule has 5 rings (SSSR count). The topological polar surface area (TPSA) is 68.3 Å². The van der Waals surface area contributed by atoms with Crippen molar-refractivity contribution < 1.29 is 0 Å². The molecule has 0 spiro atoms. The lowest BCUT2D eigenvalue weighted by Crippen LogP contribution is -2.20. The largest absolute Gasteiger partial charge is 0.289 e. The van der Waals surface area contributed by atoms with E-state index in [4.69, 9.17) is 0 Å². The summed E-state index contributed by atoms with van der Waals surface area (Å²) in [4.78, 5) is 52.4. The molecule has 0 fully saturated rings. The molecule has 128 valence electrons. The van der Waals surface area contributed by atoms with E-state index in [-0.39, 0.29) is 48.6 Å². The quantitative estimate of drug-likeness (QED) is 0.317. The molecule has 4 heteroatoms. The Morgan fingerprint density at radius 1 is 0.481 bits per heavy atom. The molecule has 0 aliphatic heterocycles. The highest BCUT2D eigenvalue weighted by Crippen LogP contribution is 2.24. The molecule has 27 heavy (non-hydrogen) atoms. The standard InChI is InChI=1S/C23H12O4/c1-11-10-16-18(22(26)13-7-3-2-6-12(13)20(16)24)19-17(11)21(25)14-8-4-5-9-15(14)23(19)27/h2-10H,1H3. The summed E-state index contributed by atoms with van der Waals surface area (Å²) >= 11 is 0. The Morgan fingerprint density at radius 2 is 0.889 bits per heavy atom. The second-order valence-corrected chi connectivity index (χ2v) is 6.77. The highest BCUT2D eigenvalue weighted by atomic mass is 16.1. The summed E-state index contributed by atoms with van der Waals surface area (Å²) in [6.45, 7) is 1.69. The van der Waals surface area contributed by atoms with E-state index in [2.05, 4.69) is 0 Å². The lowest BCUT2D eigenvalue weighted by Gasteiger charge is -2.08. The minimum Gasteiger partial charge on any atom is -0.289 e. The van der Waals surface area contributed by atoms with E-state index in [1.807, 2.05) is 0 Å². The van der Waals surface area contributed by atoms with Crippen molar-refractivity contribution in [3.05, 3.63) is 101 Å². The minimum atomic E-state index is -0.392. The van der Waals surface area contributed by atoms with Crippen LogP contribution in [0.2, 0.25) is 0 Å². The monoisotopic (exact) mass is 352 g/mol. The maximum atomic E-state index is 13.2. The number of hydrogen-bond donors (Lipinski definition) is 0. The predicted molar refractivity (Wildman–Crippen MR) is 109 cm³/mol. The minimum absolute atomic E-state index is 0.0483. The van der Waals surface area contributed by atoms with E-state index < -0.39 is 5.43 Å². The molecule has 0 saturated heterocycles. The van der Waals surface area contributed by atoms with Crippen LogP contribution in [-0.4, -0.2) is 0 Å². The van der Waals surface area contributed by atoms with E-state index in [1.165, 1.54) is 0 Å². The summed E-state index contributed by atoms with van der Waals surface area (Å²) in [5.74, 6) is 0. The fourth-order valence-electron chi connectivity index (χ4n) is 4.06. The van der Waals surface area contributed by atoms with Crippen molar-refractivity contribution in [3.63, 3.8) is 0 Å². The summed E-state index contributed by atoms with van der Waals surface area (Å²) in [6.07, 6.45) is 0. The second-order valence-electron chi connectivity index (χ2n) is 6.77. The predicted octanol–water partition coefficient (Wildman–Crippen LogP) is 2.92. The number of hydrogen-bond acceptors (Lipinski definition) is 4. The van der Waals surface area contributed by atoms with Gasteiger partial charge < -0.3 is 0 Å². The molecule has 5 aromatic rings. The molecule has 0 amide bonds. The summed E-state index contributed by atoms with van der Waals surface area (Å²) in [6, 6.07) is 14.7. The van der Waals surface area contributed by atoms with Crippen LogP contribution in [0.3, 0.4) is 0 Å². The van der Waals surface area contributed by atoms with Crippen LogP contribution in [0.4, 0.5) is 0 Å². The van der Waals surface area contributed by atoms with E-state index >= 15 is 0 Å². The smallest absolute Gasteiger partial charge is 0.195 e. The van der Waals surface area contributed by atoms with Crippen LogP contribution in [0.25, 0.3) is 43.1 Å². The third-order valence-electron chi connectivity index (χ3n) is 5.28. The zero-order valence-electron chi connectivity index (χ0n) is 14.3. The van der Waals surface area contributed by atoms with Gasteiger partial charge in [0.25, 0.3) is 0 Å². The van der Waals surface area contributed by atoms with Gasteiger partial charge in [-0.2, -0.15) is 0 Å². The Morgan fingerprint density at radius 3 is 1.41 bits per heavy atom. The molecule has 0 atom stereocenters. The first-order valence-corrected chi connectivity index (χ1v) is 8.55. The zero-order chi connectivity index (χ0) is 18.9. The Bertz CT molecular complexity index is 1650. The van der Waals surface area contributed by atoms with Crippen LogP contribution in [0.15, 0.2) is 73.8 Å². The van der Waals surface area contributed by atoms with Crippen LogP contribution in [0.1, 0.15) is 5.56 Å². The van der Waals surface area contributed by atoms with Gasteiger partial charge in [0.05, 0.1) is 0 Å². The lowest BCUT2D eigenvalue weighted by molar-refractivity contribution is 1.52. The molecule has 0 aliphatic carbocycles. The SMILES string of the molecule is Cc1cc2c(=O)c3ccccc3c(=O)c2c2c(=O)c3ccccc3c(=O)c12. The van der Waals surface area contributed by atoms with Gasteiger partial charge in [-0.25, -0.2) is 0 Å². The first-order valence-electron chi connectivity index (χ1n) is 8.55. The number of fused-ring (bicyclic) bond motifs is 5. The molecule has 0 aromatic heterocycles. The normalized spacial score (nSPS) is 11.7. The van der Waals surface area contributed by atoms with Gasteiger partial charge in [0.1, 0.15) is 0 Å². The van der Waals surface area contributed by atoms with E-state index in [0.29, 0.717) is 16.3 Å². The first-order chi connectivity index (χ1) is 13.0. The average molecular weight is 352 g/mol. The third-order valence-corrected chi connectivity index (χ3v) is 5.28. The molecule has 5 aromatic carbocycles. The summed E-state index contributed by atoms with van der Waals surface area (Å²) in [7, 11) is 0. The Labute approximate surface area is 151 Å². The second kappa shape index (κ2) is 5.17. The van der Waals surface area contributed by atoms with Crippen molar-refractivity contribution in [2.24, 2.45) is 0 Å². The van der Waals surface area contributed by atoms with Gasteiger partial charge in [0.15, 0.2) is 21.7 Å². The lowest BCUT2D eigenvalue weighted by atomic mass is 9.92. The van der Waals surface area contributed by atoms with Crippen LogP contribution < -0.4 is 21.7 Å². The molecule has 0 aliphatic rings. The first kappa shape index (κ1) is 15.6. The van der Waals surface area contributed by atoms with Gasteiger partial charge in [-0.3, -0.25) is 19.2 Å². The molecule has 0 radical (unpaired) electrons. The molecule has 0 unspecified atom stereocenters. The van der Waals surface area contributed by atoms with Crippen LogP contribution in [-0.2, 0) is 0 Å². The van der Waals surface area contributed by atoms with E-state index in [0.717, 1.165) is 0 Å².